The Balaban J connectivity index is 3.48. The first-order valence-electron chi connectivity index (χ1n) is 13.2. The van der Waals surface area contributed by atoms with Crippen molar-refractivity contribution in [3.63, 3.8) is 0 Å². The standard InChI is InChI=1S/C26H51NO4/c1-3-5-7-9-11-13-15-17-19-21-30-25(28)23-24(27)26(29)31-22-20-18-16-14-12-10-8-6-4-2/h24H,3-23,27H2,1-2H3/t24-/m0/s1. The fourth-order valence-corrected chi connectivity index (χ4v) is 3.61. The second-order valence-electron chi connectivity index (χ2n) is 8.86. The Morgan fingerprint density at radius 1 is 0.581 bits per heavy atom. The van der Waals surface area contributed by atoms with Gasteiger partial charge in [-0.2, -0.15) is 0 Å². The van der Waals surface area contributed by atoms with Gasteiger partial charge in [0.15, 0.2) is 0 Å². The van der Waals surface area contributed by atoms with Crippen LogP contribution in [0.4, 0.5) is 0 Å². The molecule has 0 aromatic heterocycles. The van der Waals surface area contributed by atoms with Crippen molar-refractivity contribution in [2.75, 3.05) is 13.2 Å². The average Bonchev–Trinajstić information content (AvgIpc) is 2.76. The summed E-state index contributed by atoms with van der Waals surface area (Å²) in [6.07, 6.45) is 21.8. The van der Waals surface area contributed by atoms with E-state index in [4.69, 9.17) is 15.2 Å². The maximum Gasteiger partial charge on any atom is 0.323 e. The van der Waals surface area contributed by atoms with Gasteiger partial charge in [-0.25, -0.2) is 0 Å². The smallest absolute Gasteiger partial charge is 0.323 e. The third-order valence-electron chi connectivity index (χ3n) is 5.69. The van der Waals surface area contributed by atoms with Gasteiger partial charge in [0.1, 0.15) is 6.04 Å². The highest BCUT2D eigenvalue weighted by molar-refractivity contribution is 5.82. The highest BCUT2D eigenvalue weighted by atomic mass is 16.5. The van der Waals surface area contributed by atoms with Gasteiger partial charge in [0.2, 0.25) is 0 Å². The number of hydrogen-bond donors (Lipinski definition) is 1. The Morgan fingerprint density at radius 2 is 0.935 bits per heavy atom. The van der Waals surface area contributed by atoms with Crippen molar-refractivity contribution >= 4 is 11.9 Å². The van der Waals surface area contributed by atoms with Gasteiger partial charge >= 0.3 is 11.9 Å². The number of nitrogens with two attached hydrogens (primary N) is 1. The van der Waals surface area contributed by atoms with E-state index in [9.17, 15) is 9.59 Å². The van der Waals surface area contributed by atoms with E-state index in [0.29, 0.717) is 13.2 Å². The van der Waals surface area contributed by atoms with Crippen LogP contribution in [-0.2, 0) is 19.1 Å². The van der Waals surface area contributed by atoms with Crippen molar-refractivity contribution in [2.24, 2.45) is 5.73 Å². The molecular weight excluding hydrogens is 390 g/mol. The molecule has 184 valence electrons. The van der Waals surface area contributed by atoms with E-state index in [-0.39, 0.29) is 6.42 Å². The molecule has 0 aliphatic rings. The monoisotopic (exact) mass is 441 g/mol. The van der Waals surface area contributed by atoms with E-state index in [1.165, 1.54) is 89.9 Å². The van der Waals surface area contributed by atoms with Crippen LogP contribution in [0.3, 0.4) is 0 Å². The Hall–Kier alpha value is -1.10. The van der Waals surface area contributed by atoms with E-state index in [1.54, 1.807) is 0 Å². The minimum Gasteiger partial charge on any atom is -0.466 e. The van der Waals surface area contributed by atoms with Crippen molar-refractivity contribution in [3.8, 4) is 0 Å². The number of esters is 2. The second-order valence-corrected chi connectivity index (χ2v) is 8.86. The molecule has 0 aliphatic heterocycles. The Labute approximate surface area is 192 Å². The molecule has 5 heteroatoms. The number of rotatable bonds is 23. The minimum absolute atomic E-state index is 0.103. The molecule has 0 aliphatic carbocycles. The fraction of sp³-hybridized carbons (Fsp3) is 0.923. The van der Waals surface area contributed by atoms with Crippen molar-refractivity contribution in [3.05, 3.63) is 0 Å². The van der Waals surface area contributed by atoms with Crippen LogP contribution in [0.5, 0.6) is 0 Å². The summed E-state index contributed by atoms with van der Waals surface area (Å²) in [5.74, 6) is -0.910. The van der Waals surface area contributed by atoms with Crippen LogP contribution in [0.15, 0.2) is 0 Å². The van der Waals surface area contributed by atoms with E-state index in [2.05, 4.69) is 13.8 Å². The molecule has 0 heterocycles. The van der Waals surface area contributed by atoms with Gasteiger partial charge < -0.3 is 15.2 Å². The SMILES string of the molecule is CCCCCCCCCCCOC(=O)C[C@H](N)C(=O)OCCCCCCCCCCC. The Bertz CT molecular complexity index is 414. The third kappa shape index (κ3) is 21.9. The van der Waals surface area contributed by atoms with Gasteiger partial charge in [-0.3, -0.25) is 9.59 Å². The van der Waals surface area contributed by atoms with E-state index in [0.717, 1.165) is 25.7 Å². The maximum absolute atomic E-state index is 11.9. The number of carbonyl (C=O) groups is 2. The van der Waals surface area contributed by atoms with Crippen LogP contribution in [-0.4, -0.2) is 31.2 Å². The number of unbranched alkanes of at least 4 members (excludes halogenated alkanes) is 16. The van der Waals surface area contributed by atoms with Gasteiger partial charge in [-0.15, -0.1) is 0 Å². The van der Waals surface area contributed by atoms with Crippen molar-refractivity contribution in [1.82, 2.24) is 0 Å². The summed E-state index contributed by atoms with van der Waals surface area (Å²) in [6, 6.07) is -0.922. The van der Waals surface area contributed by atoms with Gasteiger partial charge in [0, 0.05) is 0 Å². The first-order valence-corrected chi connectivity index (χ1v) is 13.2. The van der Waals surface area contributed by atoms with Gasteiger partial charge in [-0.1, -0.05) is 117 Å². The van der Waals surface area contributed by atoms with E-state index in [1.807, 2.05) is 0 Å². The first kappa shape index (κ1) is 29.9. The van der Waals surface area contributed by atoms with Crippen LogP contribution < -0.4 is 5.73 Å². The zero-order chi connectivity index (χ0) is 23.0. The van der Waals surface area contributed by atoms with Gasteiger partial charge in [0.25, 0.3) is 0 Å². The lowest BCUT2D eigenvalue weighted by atomic mass is 10.1. The number of hydrogen-bond acceptors (Lipinski definition) is 5. The number of ether oxygens (including phenoxy) is 2. The van der Waals surface area contributed by atoms with E-state index < -0.39 is 18.0 Å². The highest BCUT2D eigenvalue weighted by Crippen LogP contribution is 2.11. The van der Waals surface area contributed by atoms with Crippen LogP contribution in [0, 0.1) is 0 Å². The lowest BCUT2D eigenvalue weighted by molar-refractivity contribution is -0.152. The maximum atomic E-state index is 11.9. The second kappa shape index (κ2) is 23.6. The normalized spacial score (nSPS) is 12.0. The van der Waals surface area contributed by atoms with Crippen molar-refractivity contribution < 1.29 is 19.1 Å². The quantitative estimate of drug-likeness (QED) is 0.138. The van der Waals surface area contributed by atoms with Crippen LogP contribution in [0.2, 0.25) is 0 Å². The molecule has 0 amide bonds. The molecule has 0 rings (SSSR count). The van der Waals surface area contributed by atoms with Crippen LogP contribution in [0.1, 0.15) is 136 Å². The number of carbonyl (C=O) groups excluding carboxylic acids is 2. The largest absolute Gasteiger partial charge is 0.466 e. The van der Waals surface area contributed by atoms with E-state index >= 15 is 0 Å². The lowest BCUT2D eigenvalue weighted by Gasteiger charge is -2.11. The predicted octanol–water partition coefficient (Wildman–Crippen LogP) is 6.85. The molecule has 2 N–H and O–H groups in total. The fourth-order valence-electron chi connectivity index (χ4n) is 3.61. The van der Waals surface area contributed by atoms with Crippen LogP contribution >= 0.6 is 0 Å². The lowest BCUT2D eigenvalue weighted by Crippen LogP contribution is -2.35. The van der Waals surface area contributed by atoms with Crippen LogP contribution in [0.25, 0.3) is 0 Å². The summed E-state index contributed by atoms with van der Waals surface area (Å²) in [5.41, 5.74) is 5.78. The molecule has 1 atom stereocenters. The first-order chi connectivity index (χ1) is 15.1. The summed E-state index contributed by atoms with van der Waals surface area (Å²) in [6.45, 7) is 5.26. The molecule has 0 saturated carbocycles. The Morgan fingerprint density at radius 3 is 1.35 bits per heavy atom. The molecule has 31 heavy (non-hydrogen) atoms. The molecule has 0 unspecified atom stereocenters. The molecule has 0 radical (unpaired) electrons. The molecule has 0 fully saturated rings. The predicted molar refractivity (Wildman–Crippen MR) is 129 cm³/mol. The molecular formula is C26H51NO4. The van der Waals surface area contributed by atoms with Crippen molar-refractivity contribution in [2.45, 2.75) is 142 Å². The molecule has 0 aromatic carbocycles. The molecule has 0 bridgehead atoms. The molecule has 0 saturated heterocycles. The van der Waals surface area contributed by atoms with Gasteiger partial charge in [-0.05, 0) is 12.8 Å². The summed E-state index contributed by atoms with van der Waals surface area (Å²) < 4.78 is 10.4. The summed E-state index contributed by atoms with van der Waals surface area (Å²) in [5, 5.41) is 0. The minimum atomic E-state index is -0.922. The average molecular weight is 442 g/mol. The molecule has 0 spiro atoms. The third-order valence-corrected chi connectivity index (χ3v) is 5.69. The van der Waals surface area contributed by atoms with Crippen molar-refractivity contribution in [1.29, 1.82) is 0 Å². The highest BCUT2D eigenvalue weighted by Gasteiger charge is 2.19. The summed E-state index contributed by atoms with van der Waals surface area (Å²) in [7, 11) is 0. The summed E-state index contributed by atoms with van der Waals surface area (Å²) >= 11 is 0. The zero-order valence-electron chi connectivity index (χ0n) is 20.6. The zero-order valence-corrected chi connectivity index (χ0v) is 20.6. The molecule has 0 aromatic rings. The Kier molecular flexibility index (Phi) is 22.7. The van der Waals surface area contributed by atoms with Gasteiger partial charge in [0.05, 0.1) is 19.6 Å². The molecule has 5 nitrogen and oxygen atoms in total. The summed E-state index contributed by atoms with van der Waals surface area (Å²) in [4.78, 5) is 23.7. The topological polar surface area (TPSA) is 78.6 Å².